The monoisotopic (exact) mass is 326 g/mol. The van der Waals surface area contributed by atoms with Crippen LogP contribution in [0.25, 0.3) is 0 Å². The zero-order chi connectivity index (χ0) is 16.4. The predicted octanol–water partition coefficient (Wildman–Crippen LogP) is 3.27. The molecule has 0 saturated heterocycles. The third kappa shape index (κ3) is 3.30. The number of aromatic nitrogens is 1. The first-order valence-electron chi connectivity index (χ1n) is 8.77. The zero-order valence-corrected chi connectivity index (χ0v) is 13.7. The van der Waals surface area contributed by atoms with Crippen molar-refractivity contribution in [1.82, 2.24) is 10.5 Å². The van der Waals surface area contributed by atoms with Crippen LogP contribution in [0.4, 0.5) is 0 Å². The van der Waals surface area contributed by atoms with Crippen LogP contribution in [0.5, 0.6) is 5.75 Å². The van der Waals surface area contributed by atoms with Crippen LogP contribution >= 0.6 is 0 Å². The lowest BCUT2D eigenvalue weighted by molar-refractivity contribution is 0.0940. The molecular weight excluding hydrogens is 304 g/mol. The molecule has 24 heavy (non-hydrogen) atoms. The highest BCUT2D eigenvalue weighted by atomic mass is 16.5. The van der Waals surface area contributed by atoms with Gasteiger partial charge in [0, 0.05) is 24.1 Å². The van der Waals surface area contributed by atoms with Crippen molar-refractivity contribution in [3.8, 4) is 5.75 Å². The highest BCUT2D eigenvalue weighted by Crippen LogP contribution is 2.30. The van der Waals surface area contributed by atoms with Crippen LogP contribution in [-0.4, -0.2) is 17.7 Å². The van der Waals surface area contributed by atoms with E-state index in [1.54, 1.807) is 0 Å². The number of para-hydroxylation sites is 1. The maximum atomic E-state index is 12.5. The Balaban J connectivity index is 1.41. The smallest absolute Gasteiger partial charge is 0.274 e. The van der Waals surface area contributed by atoms with E-state index in [1.807, 2.05) is 24.3 Å². The molecule has 0 spiro atoms. The van der Waals surface area contributed by atoms with Gasteiger partial charge < -0.3 is 14.6 Å². The Kier molecular flexibility index (Phi) is 4.24. The van der Waals surface area contributed by atoms with Gasteiger partial charge in [0.25, 0.3) is 5.91 Å². The van der Waals surface area contributed by atoms with Gasteiger partial charge in [0.15, 0.2) is 5.69 Å². The molecule has 4 rings (SSSR count). The molecule has 0 bridgehead atoms. The number of hydrogen-bond acceptors (Lipinski definition) is 4. The average molecular weight is 326 g/mol. The lowest BCUT2D eigenvalue weighted by atomic mass is 9.96. The first-order chi connectivity index (χ1) is 11.8. The Labute approximate surface area is 141 Å². The third-order valence-electron chi connectivity index (χ3n) is 4.75. The molecule has 126 valence electrons. The number of carbonyl (C=O) groups excluding carboxylic acids is 1. The molecule has 5 nitrogen and oxygen atoms in total. The average Bonchev–Trinajstić information content (AvgIpc) is 3.35. The SMILES string of the molecule is O=C(NCc1ccccc1OCC1CC1)c1noc2c1CCCC2. The number of ether oxygens (including phenoxy) is 1. The van der Waals surface area contributed by atoms with Gasteiger partial charge in [-0.3, -0.25) is 4.79 Å². The molecule has 2 aliphatic rings. The summed E-state index contributed by atoms with van der Waals surface area (Å²) in [5, 5.41) is 6.94. The molecule has 1 amide bonds. The largest absolute Gasteiger partial charge is 0.493 e. The zero-order valence-electron chi connectivity index (χ0n) is 13.7. The molecule has 0 unspecified atom stereocenters. The summed E-state index contributed by atoms with van der Waals surface area (Å²) in [5.74, 6) is 2.26. The number of nitrogens with zero attached hydrogens (tertiary/aromatic N) is 1. The summed E-state index contributed by atoms with van der Waals surface area (Å²) in [4.78, 5) is 12.5. The van der Waals surface area contributed by atoms with E-state index >= 15 is 0 Å². The minimum Gasteiger partial charge on any atom is -0.493 e. The fourth-order valence-electron chi connectivity index (χ4n) is 3.11. The quantitative estimate of drug-likeness (QED) is 0.885. The van der Waals surface area contributed by atoms with Crippen LogP contribution in [0.2, 0.25) is 0 Å². The molecule has 0 atom stereocenters. The van der Waals surface area contributed by atoms with Gasteiger partial charge in [-0.1, -0.05) is 23.4 Å². The highest BCUT2D eigenvalue weighted by molar-refractivity contribution is 5.93. The topological polar surface area (TPSA) is 64.4 Å². The van der Waals surface area contributed by atoms with Gasteiger partial charge in [-0.05, 0) is 44.1 Å². The van der Waals surface area contributed by atoms with E-state index in [-0.39, 0.29) is 5.91 Å². The Morgan fingerprint density at radius 2 is 2.08 bits per heavy atom. The van der Waals surface area contributed by atoms with Gasteiger partial charge in [0.1, 0.15) is 11.5 Å². The number of aryl methyl sites for hydroxylation is 1. The van der Waals surface area contributed by atoms with Crippen LogP contribution < -0.4 is 10.1 Å². The number of carbonyl (C=O) groups is 1. The second kappa shape index (κ2) is 6.67. The molecule has 1 N–H and O–H groups in total. The molecule has 1 saturated carbocycles. The van der Waals surface area contributed by atoms with Crippen LogP contribution in [0.15, 0.2) is 28.8 Å². The normalized spacial score (nSPS) is 16.5. The number of nitrogens with one attached hydrogen (secondary N) is 1. The fourth-order valence-corrected chi connectivity index (χ4v) is 3.11. The lowest BCUT2D eigenvalue weighted by Gasteiger charge is -2.12. The Morgan fingerprint density at radius 3 is 2.96 bits per heavy atom. The molecular formula is C19H22N2O3. The lowest BCUT2D eigenvalue weighted by Crippen LogP contribution is -2.25. The van der Waals surface area contributed by atoms with Crippen molar-refractivity contribution in [2.45, 2.75) is 45.1 Å². The van der Waals surface area contributed by atoms with Crippen LogP contribution in [0, 0.1) is 5.92 Å². The van der Waals surface area contributed by atoms with Crippen molar-refractivity contribution in [2.24, 2.45) is 5.92 Å². The summed E-state index contributed by atoms with van der Waals surface area (Å²) < 4.78 is 11.2. The number of rotatable bonds is 6. The number of benzene rings is 1. The molecule has 0 aliphatic heterocycles. The summed E-state index contributed by atoms with van der Waals surface area (Å²) in [6.45, 7) is 1.20. The van der Waals surface area contributed by atoms with Gasteiger partial charge in [-0.2, -0.15) is 0 Å². The second-order valence-corrected chi connectivity index (χ2v) is 6.68. The van der Waals surface area contributed by atoms with Crippen molar-refractivity contribution >= 4 is 5.91 Å². The van der Waals surface area contributed by atoms with Crippen molar-refractivity contribution in [2.75, 3.05) is 6.61 Å². The second-order valence-electron chi connectivity index (χ2n) is 6.68. The summed E-state index contributed by atoms with van der Waals surface area (Å²) >= 11 is 0. The fraction of sp³-hybridized carbons (Fsp3) is 0.474. The first-order valence-corrected chi connectivity index (χ1v) is 8.77. The third-order valence-corrected chi connectivity index (χ3v) is 4.75. The van der Waals surface area contributed by atoms with Gasteiger partial charge in [0.2, 0.25) is 0 Å². The summed E-state index contributed by atoms with van der Waals surface area (Å²) in [6.07, 6.45) is 6.48. The van der Waals surface area contributed by atoms with Crippen molar-refractivity contribution in [3.63, 3.8) is 0 Å². The maximum absolute atomic E-state index is 12.5. The minimum atomic E-state index is -0.168. The summed E-state index contributed by atoms with van der Waals surface area (Å²) in [5.41, 5.74) is 2.42. The molecule has 1 aromatic heterocycles. The van der Waals surface area contributed by atoms with Crippen molar-refractivity contribution in [3.05, 3.63) is 46.8 Å². The standard InChI is InChI=1S/C19H22N2O3/c22-19(18-15-6-2-4-8-17(15)24-21-18)20-11-14-5-1-3-7-16(14)23-12-13-9-10-13/h1,3,5,7,13H,2,4,6,8-12H2,(H,20,22). The van der Waals surface area contributed by atoms with Crippen LogP contribution in [-0.2, 0) is 19.4 Å². The molecule has 1 fully saturated rings. The van der Waals surface area contributed by atoms with Crippen molar-refractivity contribution in [1.29, 1.82) is 0 Å². The molecule has 2 aliphatic carbocycles. The Morgan fingerprint density at radius 1 is 1.25 bits per heavy atom. The molecule has 5 heteroatoms. The van der Waals surface area contributed by atoms with Crippen LogP contribution in [0.1, 0.15) is 53.1 Å². The Hall–Kier alpha value is -2.30. The van der Waals surface area contributed by atoms with E-state index < -0.39 is 0 Å². The van der Waals surface area contributed by atoms with E-state index in [9.17, 15) is 4.79 Å². The van der Waals surface area contributed by atoms with Gasteiger partial charge >= 0.3 is 0 Å². The minimum absolute atomic E-state index is 0.168. The maximum Gasteiger partial charge on any atom is 0.274 e. The van der Waals surface area contributed by atoms with Gasteiger partial charge in [-0.15, -0.1) is 0 Å². The molecule has 1 aromatic carbocycles. The van der Waals surface area contributed by atoms with E-state index in [0.717, 1.165) is 54.9 Å². The molecule has 1 heterocycles. The van der Waals surface area contributed by atoms with E-state index in [4.69, 9.17) is 9.26 Å². The van der Waals surface area contributed by atoms with E-state index in [1.165, 1.54) is 12.8 Å². The molecule has 2 aromatic rings. The first kappa shape index (κ1) is 15.2. The van der Waals surface area contributed by atoms with Gasteiger partial charge in [0.05, 0.1) is 6.61 Å². The number of hydrogen-bond donors (Lipinski definition) is 1. The van der Waals surface area contributed by atoms with E-state index in [0.29, 0.717) is 18.2 Å². The van der Waals surface area contributed by atoms with Crippen molar-refractivity contribution < 1.29 is 14.1 Å². The predicted molar refractivity (Wildman–Crippen MR) is 89.0 cm³/mol. The number of amides is 1. The van der Waals surface area contributed by atoms with Gasteiger partial charge in [-0.25, -0.2) is 0 Å². The van der Waals surface area contributed by atoms with E-state index in [2.05, 4.69) is 10.5 Å². The van der Waals surface area contributed by atoms with Crippen LogP contribution in [0.3, 0.4) is 0 Å². The highest BCUT2D eigenvalue weighted by Gasteiger charge is 2.24. The number of fused-ring (bicyclic) bond motifs is 1. The summed E-state index contributed by atoms with van der Waals surface area (Å²) in [7, 11) is 0. The summed E-state index contributed by atoms with van der Waals surface area (Å²) in [6, 6.07) is 7.87. The molecule has 0 radical (unpaired) electrons. The Bertz CT molecular complexity index is 734.